The smallest absolute Gasteiger partial charge is 0.269 e. The van der Waals surface area contributed by atoms with Gasteiger partial charge in [0.1, 0.15) is 5.69 Å². The largest absolute Gasteiger partial charge is 0.346 e. The van der Waals surface area contributed by atoms with Gasteiger partial charge < -0.3 is 5.32 Å². The summed E-state index contributed by atoms with van der Waals surface area (Å²) >= 11 is 3.18. The van der Waals surface area contributed by atoms with Crippen LogP contribution in [0.25, 0.3) is 0 Å². The first kappa shape index (κ1) is 12.0. The van der Waals surface area contributed by atoms with Gasteiger partial charge in [0.05, 0.1) is 5.69 Å². The van der Waals surface area contributed by atoms with Crippen molar-refractivity contribution in [3.8, 4) is 0 Å². The van der Waals surface area contributed by atoms with E-state index >= 15 is 0 Å². The molecule has 0 saturated carbocycles. The maximum atomic E-state index is 11.7. The molecule has 0 saturated heterocycles. The first-order chi connectivity index (χ1) is 7.04. The number of halogens is 1. The van der Waals surface area contributed by atoms with Gasteiger partial charge >= 0.3 is 0 Å². The quantitative estimate of drug-likeness (QED) is 0.905. The molecule has 5 heteroatoms. The lowest BCUT2D eigenvalue weighted by molar-refractivity contribution is 0.0948. The summed E-state index contributed by atoms with van der Waals surface area (Å²) in [5.74, 6) is -0.134. The topological polar surface area (TPSA) is 46.9 Å². The monoisotopic (exact) mass is 271 g/mol. The van der Waals surface area contributed by atoms with Gasteiger partial charge in [-0.3, -0.25) is 9.48 Å². The molecular weight excluding hydrogens is 258 g/mol. The molecule has 0 radical (unpaired) electrons. The van der Waals surface area contributed by atoms with E-state index in [1.807, 2.05) is 6.92 Å². The first-order valence-electron chi connectivity index (χ1n) is 4.69. The summed E-state index contributed by atoms with van der Waals surface area (Å²) in [5.41, 5.74) is 1.49. The van der Waals surface area contributed by atoms with Gasteiger partial charge in [-0.2, -0.15) is 5.10 Å². The van der Waals surface area contributed by atoms with Crippen LogP contribution in [0.2, 0.25) is 0 Å². The molecule has 1 N–H and O–H groups in total. The molecule has 1 aromatic rings. The fraction of sp³-hybridized carbons (Fsp3) is 0.400. The minimum Gasteiger partial charge on any atom is -0.346 e. The van der Waals surface area contributed by atoms with E-state index in [9.17, 15) is 4.79 Å². The van der Waals surface area contributed by atoms with E-state index in [1.165, 1.54) is 0 Å². The minimum absolute atomic E-state index is 0.134. The lowest BCUT2D eigenvalue weighted by Crippen LogP contribution is -2.26. The van der Waals surface area contributed by atoms with Crippen LogP contribution < -0.4 is 5.32 Å². The van der Waals surface area contributed by atoms with E-state index in [-0.39, 0.29) is 5.91 Å². The molecule has 0 unspecified atom stereocenters. The second kappa shape index (κ2) is 5.11. The molecule has 1 aromatic heterocycles. The molecule has 1 heterocycles. The van der Waals surface area contributed by atoms with Crippen molar-refractivity contribution in [2.75, 3.05) is 6.54 Å². The Labute approximate surface area is 97.5 Å². The van der Waals surface area contributed by atoms with Crippen LogP contribution in [0.4, 0.5) is 0 Å². The number of amides is 1. The summed E-state index contributed by atoms with van der Waals surface area (Å²) in [5, 5.41) is 6.93. The molecule has 0 aliphatic carbocycles. The van der Waals surface area contributed by atoms with Crippen LogP contribution in [0.1, 0.15) is 23.1 Å². The van der Waals surface area contributed by atoms with E-state index < -0.39 is 0 Å². The molecule has 15 heavy (non-hydrogen) atoms. The van der Waals surface area contributed by atoms with Crippen molar-refractivity contribution < 1.29 is 4.79 Å². The Morgan fingerprint density at radius 1 is 1.73 bits per heavy atom. The number of aryl methyl sites for hydroxylation is 2. The van der Waals surface area contributed by atoms with Crippen molar-refractivity contribution in [3.05, 3.63) is 28.5 Å². The van der Waals surface area contributed by atoms with Crippen LogP contribution in [-0.4, -0.2) is 22.2 Å². The van der Waals surface area contributed by atoms with E-state index in [4.69, 9.17) is 0 Å². The van der Waals surface area contributed by atoms with Crippen LogP contribution in [0.3, 0.4) is 0 Å². The van der Waals surface area contributed by atoms with Gasteiger partial charge in [0.25, 0.3) is 5.91 Å². The highest BCUT2D eigenvalue weighted by molar-refractivity contribution is 9.11. The van der Waals surface area contributed by atoms with Gasteiger partial charge in [-0.15, -0.1) is 0 Å². The van der Waals surface area contributed by atoms with E-state index in [0.717, 1.165) is 16.6 Å². The second-order valence-corrected chi connectivity index (χ2v) is 4.32. The molecule has 0 fully saturated rings. The molecule has 0 aliphatic rings. The van der Waals surface area contributed by atoms with Crippen LogP contribution in [-0.2, 0) is 13.5 Å². The van der Waals surface area contributed by atoms with Crippen molar-refractivity contribution in [1.29, 1.82) is 0 Å². The molecule has 82 valence electrons. The predicted molar refractivity (Wildman–Crippen MR) is 63.0 cm³/mol. The van der Waals surface area contributed by atoms with Gasteiger partial charge in [0, 0.05) is 18.1 Å². The van der Waals surface area contributed by atoms with Crippen LogP contribution in [0, 0.1) is 0 Å². The molecular formula is C10H14BrN3O. The van der Waals surface area contributed by atoms with Crippen molar-refractivity contribution in [2.24, 2.45) is 7.05 Å². The van der Waals surface area contributed by atoms with Crippen LogP contribution in [0.5, 0.6) is 0 Å². The summed E-state index contributed by atoms with van der Waals surface area (Å²) < 4.78 is 2.33. The Morgan fingerprint density at radius 2 is 2.40 bits per heavy atom. The Balaban J connectivity index is 2.72. The summed E-state index contributed by atoms with van der Waals surface area (Å²) in [6, 6.07) is 1.80. The Hall–Kier alpha value is -1.10. The average molecular weight is 272 g/mol. The summed E-state index contributed by atoms with van der Waals surface area (Å²) in [7, 11) is 1.76. The third-order valence-corrected chi connectivity index (χ3v) is 2.25. The zero-order chi connectivity index (χ0) is 11.4. The van der Waals surface area contributed by atoms with Crippen molar-refractivity contribution in [3.63, 3.8) is 0 Å². The number of rotatable bonds is 4. The zero-order valence-electron chi connectivity index (χ0n) is 8.88. The first-order valence-corrected chi connectivity index (χ1v) is 5.48. The number of aromatic nitrogens is 2. The third-order valence-electron chi connectivity index (χ3n) is 1.97. The van der Waals surface area contributed by atoms with Crippen molar-refractivity contribution in [2.45, 2.75) is 13.3 Å². The molecule has 1 rings (SSSR count). The van der Waals surface area contributed by atoms with Crippen LogP contribution >= 0.6 is 15.9 Å². The number of hydrogen-bond donors (Lipinski definition) is 1. The number of hydrogen-bond acceptors (Lipinski definition) is 2. The number of carbonyl (C=O) groups is 1. The molecule has 1 amide bonds. The fourth-order valence-corrected chi connectivity index (χ4v) is 1.32. The van der Waals surface area contributed by atoms with Gasteiger partial charge in [-0.1, -0.05) is 29.4 Å². The minimum atomic E-state index is -0.134. The molecule has 0 spiro atoms. The van der Waals surface area contributed by atoms with Gasteiger partial charge in [0.15, 0.2) is 0 Å². The second-order valence-electron chi connectivity index (χ2n) is 3.20. The highest BCUT2D eigenvalue weighted by atomic mass is 79.9. The predicted octanol–water partition coefficient (Wildman–Crippen LogP) is 1.62. The van der Waals surface area contributed by atoms with Crippen LogP contribution in [0.15, 0.2) is 17.1 Å². The molecule has 4 nitrogen and oxygen atoms in total. The third kappa shape index (κ3) is 3.20. The Kier molecular flexibility index (Phi) is 4.08. The highest BCUT2D eigenvalue weighted by Gasteiger charge is 2.11. The number of nitrogens with one attached hydrogen (secondary N) is 1. The highest BCUT2D eigenvalue weighted by Crippen LogP contribution is 2.04. The summed E-state index contributed by atoms with van der Waals surface area (Å²) in [6.45, 7) is 6.07. The Bertz CT molecular complexity index is 384. The maximum Gasteiger partial charge on any atom is 0.269 e. The summed E-state index contributed by atoms with van der Waals surface area (Å²) in [6.07, 6.45) is 0.826. The van der Waals surface area contributed by atoms with Crippen molar-refractivity contribution >= 4 is 21.8 Å². The molecule has 0 aromatic carbocycles. The fourth-order valence-electron chi connectivity index (χ4n) is 1.18. The normalized spacial score (nSPS) is 10.1. The number of nitrogens with zero attached hydrogens (tertiary/aromatic N) is 2. The average Bonchev–Trinajstić information content (AvgIpc) is 2.56. The standard InChI is InChI=1S/C10H14BrN3O/c1-4-8-5-9(14(3)13-8)10(15)12-6-7(2)11/h5H,2,4,6H2,1,3H3,(H,12,15). The molecule has 0 aliphatic heterocycles. The van der Waals surface area contributed by atoms with Crippen molar-refractivity contribution in [1.82, 2.24) is 15.1 Å². The zero-order valence-corrected chi connectivity index (χ0v) is 10.5. The lowest BCUT2D eigenvalue weighted by Gasteiger charge is -2.03. The summed E-state index contributed by atoms with van der Waals surface area (Å²) in [4.78, 5) is 11.7. The maximum absolute atomic E-state index is 11.7. The molecule has 0 atom stereocenters. The van der Waals surface area contributed by atoms with E-state index in [1.54, 1.807) is 17.8 Å². The van der Waals surface area contributed by atoms with Gasteiger partial charge in [0.2, 0.25) is 0 Å². The van der Waals surface area contributed by atoms with Gasteiger partial charge in [-0.05, 0) is 12.5 Å². The Morgan fingerprint density at radius 3 is 2.87 bits per heavy atom. The van der Waals surface area contributed by atoms with Gasteiger partial charge in [-0.25, -0.2) is 0 Å². The van der Waals surface area contributed by atoms with E-state index in [0.29, 0.717) is 12.2 Å². The number of carbonyl (C=O) groups excluding carboxylic acids is 1. The van der Waals surface area contributed by atoms with E-state index in [2.05, 4.69) is 32.9 Å². The molecule has 0 bridgehead atoms. The lowest BCUT2D eigenvalue weighted by atomic mass is 10.3. The SMILES string of the molecule is C=C(Br)CNC(=O)c1cc(CC)nn1C.